The first kappa shape index (κ1) is 13.7. The molecule has 1 aromatic rings. The summed E-state index contributed by atoms with van der Waals surface area (Å²) in [6.45, 7) is 4.38. The molecule has 1 aromatic carbocycles. The van der Waals surface area contributed by atoms with Crippen LogP contribution >= 0.6 is 0 Å². The smallest absolute Gasteiger partial charge is 0.221 e. The summed E-state index contributed by atoms with van der Waals surface area (Å²) in [6, 6.07) is 8.03. The molecule has 0 fully saturated rings. The zero-order valence-electron chi connectivity index (χ0n) is 10.9. The van der Waals surface area contributed by atoms with Crippen LogP contribution in [0.15, 0.2) is 24.3 Å². The molecule has 3 nitrogen and oxygen atoms in total. The standard InChI is InChI=1S/C14H22N2O/c1-4-10(2)11-5-7-12(8-6-11)13(15)9-14(17)16-3/h5-8,10,13H,4,9,15H2,1-3H3,(H,16,17). The number of carbonyl (C=O) groups is 1. The Hall–Kier alpha value is -1.35. The second kappa shape index (κ2) is 6.40. The molecule has 0 spiro atoms. The molecule has 1 amide bonds. The molecule has 0 aromatic heterocycles. The van der Waals surface area contributed by atoms with Crippen molar-refractivity contribution in [1.82, 2.24) is 5.32 Å². The van der Waals surface area contributed by atoms with E-state index < -0.39 is 0 Å². The largest absolute Gasteiger partial charge is 0.359 e. The van der Waals surface area contributed by atoms with Crippen molar-refractivity contribution in [3.8, 4) is 0 Å². The van der Waals surface area contributed by atoms with Crippen LogP contribution in [0.1, 0.15) is 49.8 Å². The fraction of sp³-hybridized carbons (Fsp3) is 0.500. The van der Waals surface area contributed by atoms with Gasteiger partial charge < -0.3 is 11.1 Å². The quantitative estimate of drug-likeness (QED) is 0.821. The summed E-state index contributed by atoms with van der Waals surface area (Å²) in [4.78, 5) is 11.2. The van der Waals surface area contributed by atoms with E-state index in [1.54, 1.807) is 7.05 Å². The fourth-order valence-corrected chi connectivity index (χ4v) is 1.73. The molecule has 0 aliphatic carbocycles. The highest BCUT2D eigenvalue weighted by molar-refractivity contribution is 5.76. The summed E-state index contributed by atoms with van der Waals surface area (Å²) >= 11 is 0. The molecule has 2 atom stereocenters. The van der Waals surface area contributed by atoms with Gasteiger partial charge in [0.1, 0.15) is 0 Å². The average Bonchev–Trinajstić information content (AvgIpc) is 2.37. The van der Waals surface area contributed by atoms with Crippen molar-refractivity contribution in [1.29, 1.82) is 0 Å². The average molecular weight is 234 g/mol. The van der Waals surface area contributed by atoms with E-state index in [-0.39, 0.29) is 11.9 Å². The van der Waals surface area contributed by atoms with E-state index in [4.69, 9.17) is 5.73 Å². The zero-order chi connectivity index (χ0) is 12.8. The molecule has 0 saturated carbocycles. The molecule has 94 valence electrons. The molecular weight excluding hydrogens is 212 g/mol. The summed E-state index contributed by atoms with van der Waals surface area (Å²) in [5, 5.41) is 2.59. The van der Waals surface area contributed by atoms with Gasteiger partial charge in [-0.15, -0.1) is 0 Å². The van der Waals surface area contributed by atoms with Crippen molar-refractivity contribution in [3.05, 3.63) is 35.4 Å². The first-order chi connectivity index (χ1) is 8.08. The Balaban J connectivity index is 2.70. The van der Waals surface area contributed by atoms with Crippen LogP contribution in [-0.4, -0.2) is 13.0 Å². The molecular formula is C14H22N2O. The van der Waals surface area contributed by atoms with Gasteiger partial charge in [-0.3, -0.25) is 4.79 Å². The zero-order valence-corrected chi connectivity index (χ0v) is 10.9. The SMILES string of the molecule is CCC(C)c1ccc(C(N)CC(=O)NC)cc1. The Morgan fingerprint density at radius 1 is 1.29 bits per heavy atom. The van der Waals surface area contributed by atoms with Crippen molar-refractivity contribution in [2.24, 2.45) is 5.73 Å². The van der Waals surface area contributed by atoms with Gasteiger partial charge in [-0.2, -0.15) is 0 Å². The maximum atomic E-state index is 11.2. The van der Waals surface area contributed by atoms with Crippen molar-refractivity contribution < 1.29 is 4.79 Å². The van der Waals surface area contributed by atoms with E-state index in [9.17, 15) is 4.79 Å². The predicted octanol–water partition coefficient (Wildman–Crippen LogP) is 2.34. The first-order valence-electron chi connectivity index (χ1n) is 6.14. The number of amides is 1. The van der Waals surface area contributed by atoms with Crippen LogP contribution in [0.4, 0.5) is 0 Å². The van der Waals surface area contributed by atoms with Gasteiger partial charge in [-0.25, -0.2) is 0 Å². The molecule has 0 bridgehead atoms. The molecule has 1 rings (SSSR count). The lowest BCUT2D eigenvalue weighted by atomic mass is 9.95. The third kappa shape index (κ3) is 3.86. The van der Waals surface area contributed by atoms with Gasteiger partial charge in [0, 0.05) is 19.5 Å². The molecule has 0 aliphatic rings. The maximum absolute atomic E-state index is 11.2. The van der Waals surface area contributed by atoms with Crippen molar-refractivity contribution in [3.63, 3.8) is 0 Å². The molecule has 0 aliphatic heterocycles. The Morgan fingerprint density at radius 3 is 2.29 bits per heavy atom. The molecule has 0 radical (unpaired) electrons. The van der Waals surface area contributed by atoms with Crippen molar-refractivity contribution in [2.45, 2.75) is 38.6 Å². The first-order valence-corrected chi connectivity index (χ1v) is 6.14. The van der Waals surface area contributed by atoms with Crippen LogP contribution in [0.25, 0.3) is 0 Å². The maximum Gasteiger partial charge on any atom is 0.221 e. The molecule has 3 N–H and O–H groups in total. The van der Waals surface area contributed by atoms with E-state index in [0.29, 0.717) is 12.3 Å². The van der Waals surface area contributed by atoms with Crippen LogP contribution in [0.5, 0.6) is 0 Å². The van der Waals surface area contributed by atoms with Crippen molar-refractivity contribution >= 4 is 5.91 Å². The third-order valence-corrected chi connectivity index (χ3v) is 3.23. The lowest BCUT2D eigenvalue weighted by molar-refractivity contribution is -0.120. The Morgan fingerprint density at radius 2 is 1.82 bits per heavy atom. The summed E-state index contributed by atoms with van der Waals surface area (Å²) < 4.78 is 0. The van der Waals surface area contributed by atoms with Gasteiger partial charge in [0.2, 0.25) is 5.91 Å². The minimum absolute atomic E-state index is 0.0245. The number of benzene rings is 1. The number of nitrogens with one attached hydrogen (secondary N) is 1. The summed E-state index contributed by atoms with van der Waals surface area (Å²) in [5.74, 6) is 0.544. The minimum atomic E-state index is -0.221. The Bertz CT molecular complexity index is 359. The van der Waals surface area contributed by atoms with Crippen LogP contribution < -0.4 is 11.1 Å². The van der Waals surface area contributed by atoms with E-state index in [1.807, 2.05) is 12.1 Å². The number of hydrogen-bond acceptors (Lipinski definition) is 2. The molecule has 2 unspecified atom stereocenters. The predicted molar refractivity (Wildman–Crippen MR) is 70.8 cm³/mol. The van der Waals surface area contributed by atoms with E-state index in [1.165, 1.54) is 5.56 Å². The Kier molecular flexibility index (Phi) is 5.16. The lowest BCUT2D eigenvalue weighted by Crippen LogP contribution is -2.24. The van der Waals surface area contributed by atoms with Gasteiger partial charge in [-0.1, -0.05) is 38.1 Å². The third-order valence-electron chi connectivity index (χ3n) is 3.23. The second-order valence-corrected chi connectivity index (χ2v) is 4.46. The molecule has 0 saturated heterocycles. The molecule has 0 heterocycles. The molecule has 3 heteroatoms. The fourth-order valence-electron chi connectivity index (χ4n) is 1.73. The second-order valence-electron chi connectivity index (χ2n) is 4.46. The summed E-state index contributed by atoms with van der Waals surface area (Å²) in [6.07, 6.45) is 1.46. The van der Waals surface area contributed by atoms with Crippen LogP contribution in [0.2, 0.25) is 0 Å². The lowest BCUT2D eigenvalue weighted by Gasteiger charge is -2.13. The number of rotatable bonds is 5. The van der Waals surface area contributed by atoms with Crippen LogP contribution in [0.3, 0.4) is 0 Å². The molecule has 17 heavy (non-hydrogen) atoms. The van der Waals surface area contributed by atoms with Gasteiger partial charge in [0.25, 0.3) is 0 Å². The Labute approximate surface area is 103 Å². The van der Waals surface area contributed by atoms with Crippen LogP contribution in [-0.2, 0) is 4.79 Å². The highest BCUT2D eigenvalue weighted by Crippen LogP contribution is 2.21. The number of nitrogens with two attached hydrogens (primary N) is 1. The van der Waals surface area contributed by atoms with E-state index >= 15 is 0 Å². The van der Waals surface area contributed by atoms with Gasteiger partial charge in [0.15, 0.2) is 0 Å². The normalized spacial score (nSPS) is 14.1. The summed E-state index contributed by atoms with van der Waals surface area (Å²) in [7, 11) is 1.63. The monoisotopic (exact) mass is 234 g/mol. The highest BCUT2D eigenvalue weighted by atomic mass is 16.1. The topological polar surface area (TPSA) is 55.1 Å². The van der Waals surface area contributed by atoms with Gasteiger partial charge in [-0.05, 0) is 23.5 Å². The number of carbonyl (C=O) groups excluding carboxylic acids is 1. The minimum Gasteiger partial charge on any atom is -0.359 e. The van der Waals surface area contributed by atoms with E-state index in [0.717, 1.165) is 12.0 Å². The van der Waals surface area contributed by atoms with Crippen LogP contribution in [0, 0.1) is 0 Å². The number of hydrogen-bond donors (Lipinski definition) is 2. The van der Waals surface area contributed by atoms with E-state index in [2.05, 4.69) is 31.3 Å². The van der Waals surface area contributed by atoms with Gasteiger partial charge in [0.05, 0.1) is 0 Å². The van der Waals surface area contributed by atoms with Crippen molar-refractivity contribution in [2.75, 3.05) is 7.05 Å². The van der Waals surface area contributed by atoms with Gasteiger partial charge >= 0.3 is 0 Å². The highest BCUT2D eigenvalue weighted by Gasteiger charge is 2.11. The summed E-state index contributed by atoms with van der Waals surface area (Å²) in [5.41, 5.74) is 8.31.